The van der Waals surface area contributed by atoms with Gasteiger partial charge in [-0.1, -0.05) is 12.1 Å². The summed E-state index contributed by atoms with van der Waals surface area (Å²) in [5, 5.41) is 1.10. The van der Waals surface area contributed by atoms with E-state index >= 15 is 0 Å². The Hall–Kier alpha value is -1.68. The van der Waals surface area contributed by atoms with E-state index in [0.29, 0.717) is 0 Å². The zero-order valence-electron chi connectivity index (χ0n) is 10.8. The largest absolute Gasteiger partial charge is 0.343 e. The third kappa shape index (κ3) is 2.14. The predicted molar refractivity (Wildman–Crippen MR) is 79.8 cm³/mol. The monoisotopic (exact) mass is 335 g/mol. The zero-order chi connectivity index (χ0) is 14.3. The molecule has 0 amide bonds. The number of halogens is 3. The van der Waals surface area contributed by atoms with Crippen molar-refractivity contribution in [1.29, 1.82) is 0 Å². The number of benzene rings is 2. The Bertz CT molecular complexity index is 793. The van der Waals surface area contributed by atoms with Crippen LogP contribution in [0.2, 0.25) is 0 Å². The lowest BCUT2D eigenvalue weighted by Gasteiger charge is -2.09. The molecule has 0 radical (unpaired) electrons. The van der Waals surface area contributed by atoms with E-state index in [1.165, 1.54) is 12.1 Å². The van der Waals surface area contributed by atoms with Crippen LogP contribution in [-0.2, 0) is 6.54 Å². The molecule has 1 heterocycles. The zero-order valence-corrected chi connectivity index (χ0v) is 12.4. The molecule has 20 heavy (non-hydrogen) atoms. The maximum absolute atomic E-state index is 14.0. The van der Waals surface area contributed by atoms with Crippen molar-refractivity contribution < 1.29 is 8.78 Å². The summed E-state index contributed by atoms with van der Waals surface area (Å²) >= 11 is 3.09. The Morgan fingerprint density at radius 1 is 1.10 bits per heavy atom. The van der Waals surface area contributed by atoms with E-state index < -0.39 is 11.6 Å². The van der Waals surface area contributed by atoms with Crippen LogP contribution in [0, 0.1) is 18.6 Å². The average Bonchev–Trinajstić information content (AvgIpc) is 2.84. The minimum atomic E-state index is -0.542. The molecule has 0 atom stereocenters. The Morgan fingerprint density at radius 2 is 1.90 bits per heavy atom. The summed E-state index contributed by atoms with van der Waals surface area (Å²) in [5.74, 6) is -1.07. The first kappa shape index (κ1) is 13.3. The lowest BCUT2D eigenvalue weighted by atomic mass is 10.1. The number of fused-ring (bicyclic) bond motifs is 1. The number of hydrogen-bond donors (Lipinski definition) is 0. The molecule has 0 fully saturated rings. The smallest absolute Gasteiger partial charge is 0.145 e. The molecular formula is C16H12BrF2N. The van der Waals surface area contributed by atoms with Crippen LogP contribution < -0.4 is 0 Å². The van der Waals surface area contributed by atoms with E-state index in [1.54, 1.807) is 0 Å². The van der Waals surface area contributed by atoms with E-state index in [2.05, 4.69) is 15.9 Å². The first-order valence-corrected chi connectivity index (χ1v) is 7.04. The van der Waals surface area contributed by atoms with Gasteiger partial charge in [0.25, 0.3) is 0 Å². The molecule has 3 rings (SSSR count). The molecule has 2 aromatic carbocycles. The molecule has 3 aromatic rings. The Balaban J connectivity index is 2.11. The molecule has 0 bridgehead atoms. The first-order valence-electron chi connectivity index (χ1n) is 6.25. The molecule has 4 heteroatoms. The summed E-state index contributed by atoms with van der Waals surface area (Å²) in [6, 6.07) is 10.6. The second-order valence-electron chi connectivity index (χ2n) is 4.77. The van der Waals surface area contributed by atoms with Crippen LogP contribution in [0.4, 0.5) is 8.78 Å². The lowest BCUT2D eigenvalue weighted by molar-refractivity contribution is 0.543. The molecular weight excluding hydrogens is 324 g/mol. The summed E-state index contributed by atoms with van der Waals surface area (Å²) in [4.78, 5) is 0. The second kappa shape index (κ2) is 5.02. The minimum Gasteiger partial charge on any atom is -0.343 e. The highest BCUT2D eigenvalue weighted by Crippen LogP contribution is 2.25. The molecule has 1 aromatic heterocycles. The minimum absolute atomic E-state index is 0.0679. The topological polar surface area (TPSA) is 4.93 Å². The molecule has 0 saturated carbocycles. The van der Waals surface area contributed by atoms with Crippen LogP contribution in [0.3, 0.4) is 0 Å². The molecule has 102 valence electrons. The Morgan fingerprint density at radius 3 is 2.70 bits per heavy atom. The van der Waals surface area contributed by atoms with Crippen molar-refractivity contribution in [2.24, 2.45) is 0 Å². The molecule has 0 aliphatic heterocycles. The maximum Gasteiger partial charge on any atom is 0.145 e. The maximum atomic E-state index is 14.0. The number of rotatable bonds is 2. The molecule has 0 unspecified atom stereocenters. The highest BCUT2D eigenvalue weighted by atomic mass is 79.9. The molecule has 0 saturated heterocycles. The predicted octanol–water partition coefficient (Wildman–Crippen LogP) is 5.04. The van der Waals surface area contributed by atoms with Crippen molar-refractivity contribution in [3.05, 3.63) is 69.8 Å². The van der Waals surface area contributed by atoms with E-state index in [9.17, 15) is 8.78 Å². The van der Waals surface area contributed by atoms with Crippen molar-refractivity contribution in [2.75, 3.05) is 0 Å². The molecule has 0 aliphatic rings. The van der Waals surface area contributed by atoms with E-state index in [4.69, 9.17) is 0 Å². The van der Waals surface area contributed by atoms with Gasteiger partial charge < -0.3 is 4.57 Å². The third-order valence-electron chi connectivity index (χ3n) is 3.50. The van der Waals surface area contributed by atoms with Gasteiger partial charge in [0.2, 0.25) is 0 Å². The molecule has 0 aliphatic carbocycles. The van der Waals surface area contributed by atoms with E-state index in [-0.39, 0.29) is 16.6 Å². The highest BCUT2D eigenvalue weighted by molar-refractivity contribution is 9.10. The summed E-state index contributed by atoms with van der Waals surface area (Å²) in [6.07, 6.45) is 1.86. The fraction of sp³-hybridized carbons (Fsp3) is 0.125. The Kier molecular flexibility index (Phi) is 3.34. The van der Waals surface area contributed by atoms with Crippen LogP contribution in [0.5, 0.6) is 0 Å². The van der Waals surface area contributed by atoms with Crippen molar-refractivity contribution >= 4 is 26.8 Å². The van der Waals surface area contributed by atoms with Gasteiger partial charge in [-0.15, -0.1) is 0 Å². The van der Waals surface area contributed by atoms with Gasteiger partial charge in [0, 0.05) is 22.7 Å². The van der Waals surface area contributed by atoms with Crippen LogP contribution >= 0.6 is 15.9 Å². The van der Waals surface area contributed by atoms with Crippen molar-refractivity contribution in [3.8, 4) is 0 Å². The fourth-order valence-corrected chi connectivity index (χ4v) is 2.77. The fourth-order valence-electron chi connectivity index (χ4n) is 2.40. The summed E-state index contributed by atoms with van der Waals surface area (Å²) in [6.45, 7) is 2.19. The quantitative estimate of drug-likeness (QED) is 0.578. The molecule has 1 nitrogen and oxygen atoms in total. The van der Waals surface area contributed by atoms with Crippen molar-refractivity contribution in [2.45, 2.75) is 13.5 Å². The lowest BCUT2D eigenvalue weighted by Crippen LogP contribution is -2.04. The van der Waals surface area contributed by atoms with Gasteiger partial charge in [-0.05, 0) is 52.7 Å². The summed E-state index contributed by atoms with van der Waals surface area (Å²) in [5.41, 5.74) is 2.19. The van der Waals surface area contributed by atoms with Crippen molar-refractivity contribution in [1.82, 2.24) is 4.57 Å². The Labute approximate surface area is 124 Å². The van der Waals surface area contributed by atoms with Crippen molar-refractivity contribution in [3.63, 3.8) is 0 Å². The SMILES string of the molecule is Cc1cccc2c1ccn2Cc1c(F)ccc(Br)c1F. The highest BCUT2D eigenvalue weighted by Gasteiger charge is 2.14. The third-order valence-corrected chi connectivity index (χ3v) is 4.11. The molecule has 0 N–H and O–H groups in total. The van der Waals surface area contributed by atoms with Gasteiger partial charge in [-0.3, -0.25) is 0 Å². The van der Waals surface area contributed by atoms with Gasteiger partial charge in [0.05, 0.1) is 11.0 Å². The van der Waals surface area contributed by atoms with Crippen LogP contribution in [0.15, 0.2) is 47.1 Å². The van der Waals surface area contributed by atoms with Crippen LogP contribution in [-0.4, -0.2) is 4.57 Å². The average molecular weight is 336 g/mol. The van der Waals surface area contributed by atoms with E-state index in [1.807, 2.05) is 42.0 Å². The van der Waals surface area contributed by atoms with Gasteiger partial charge >= 0.3 is 0 Å². The van der Waals surface area contributed by atoms with Crippen LogP contribution in [0.1, 0.15) is 11.1 Å². The van der Waals surface area contributed by atoms with Crippen LogP contribution in [0.25, 0.3) is 10.9 Å². The normalized spacial score (nSPS) is 11.2. The summed E-state index contributed by atoms with van der Waals surface area (Å²) in [7, 11) is 0. The first-order chi connectivity index (χ1) is 9.58. The second-order valence-corrected chi connectivity index (χ2v) is 5.63. The van der Waals surface area contributed by atoms with Gasteiger partial charge in [0.15, 0.2) is 0 Å². The van der Waals surface area contributed by atoms with Gasteiger partial charge in [0.1, 0.15) is 11.6 Å². The number of nitrogens with zero attached hydrogens (tertiary/aromatic N) is 1. The standard InChI is InChI=1S/C16H12BrF2N/c1-10-3-2-4-15-11(10)7-8-20(15)9-12-14(18)6-5-13(17)16(12)19/h2-8H,9H2,1H3. The van der Waals surface area contributed by atoms with Gasteiger partial charge in [-0.25, -0.2) is 8.78 Å². The number of hydrogen-bond acceptors (Lipinski definition) is 0. The number of aryl methyl sites for hydroxylation is 1. The number of aromatic nitrogens is 1. The molecule has 0 spiro atoms. The van der Waals surface area contributed by atoms with E-state index in [0.717, 1.165) is 16.5 Å². The van der Waals surface area contributed by atoms with Gasteiger partial charge in [-0.2, -0.15) is 0 Å². The summed E-state index contributed by atoms with van der Waals surface area (Å²) < 4.78 is 30.0.